The van der Waals surface area contributed by atoms with E-state index in [1.807, 2.05) is 13.1 Å². The number of ether oxygens (including phenoxy) is 1. The Kier molecular flexibility index (Phi) is 6.93. The van der Waals surface area contributed by atoms with E-state index in [-0.39, 0.29) is 17.1 Å². The van der Waals surface area contributed by atoms with Gasteiger partial charge in [-0.2, -0.15) is 5.26 Å². The van der Waals surface area contributed by atoms with Gasteiger partial charge in [-0.3, -0.25) is 0 Å². The molecule has 1 aromatic carbocycles. The van der Waals surface area contributed by atoms with Crippen LogP contribution in [0.4, 0.5) is 0 Å². The standard InChI is InChI=1S/C17H25N3O4S/c1-3-4-8-20(2)11-16-17(21)15(12-24-16)19-25(22,23)14-7-5-6-13(9-14)10-18/h5-7,9,15-17,19,21H,3-4,8,11-12H2,1-2H3/t15-,16-,17+/m0/s1. The topological polar surface area (TPSA) is 103 Å². The number of nitrogens with zero attached hydrogens (tertiary/aromatic N) is 2. The first-order valence-electron chi connectivity index (χ1n) is 8.38. The summed E-state index contributed by atoms with van der Waals surface area (Å²) in [6.07, 6.45) is 0.797. The summed E-state index contributed by atoms with van der Waals surface area (Å²) in [6.45, 7) is 3.68. The number of aliphatic hydroxyl groups excluding tert-OH is 1. The van der Waals surface area contributed by atoms with Gasteiger partial charge in [0.15, 0.2) is 0 Å². The average Bonchev–Trinajstić information content (AvgIpc) is 2.92. The molecule has 0 aliphatic carbocycles. The second kappa shape index (κ2) is 8.74. The van der Waals surface area contributed by atoms with E-state index in [1.54, 1.807) is 0 Å². The molecule has 0 aromatic heterocycles. The van der Waals surface area contributed by atoms with E-state index >= 15 is 0 Å². The minimum atomic E-state index is -3.83. The molecule has 0 spiro atoms. The van der Waals surface area contributed by atoms with Gasteiger partial charge < -0.3 is 14.7 Å². The molecule has 1 aromatic rings. The van der Waals surface area contributed by atoms with Gasteiger partial charge in [-0.15, -0.1) is 0 Å². The quantitative estimate of drug-likeness (QED) is 0.701. The van der Waals surface area contributed by atoms with Gasteiger partial charge in [0, 0.05) is 6.54 Å². The molecule has 0 saturated carbocycles. The molecule has 0 amide bonds. The fourth-order valence-corrected chi connectivity index (χ4v) is 4.06. The van der Waals surface area contributed by atoms with Crippen LogP contribution in [0.2, 0.25) is 0 Å². The van der Waals surface area contributed by atoms with Crippen molar-refractivity contribution < 1.29 is 18.3 Å². The first kappa shape index (κ1) is 19.8. The third-order valence-electron chi connectivity index (χ3n) is 4.25. The van der Waals surface area contributed by atoms with E-state index in [0.717, 1.165) is 19.4 Å². The van der Waals surface area contributed by atoms with Crippen LogP contribution < -0.4 is 4.72 Å². The zero-order valence-corrected chi connectivity index (χ0v) is 15.4. The summed E-state index contributed by atoms with van der Waals surface area (Å²) in [4.78, 5) is 2.08. The second-order valence-electron chi connectivity index (χ2n) is 6.35. The molecule has 25 heavy (non-hydrogen) atoms. The summed E-state index contributed by atoms with van der Waals surface area (Å²) in [5.41, 5.74) is 0.265. The van der Waals surface area contributed by atoms with Gasteiger partial charge in [-0.05, 0) is 38.2 Å². The van der Waals surface area contributed by atoms with Gasteiger partial charge in [0.1, 0.15) is 0 Å². The van der Waals surface area contributed by atoms with Crippen LogP contribution in [-0.4, -0.2) is 63.4 Å². The molecule has 0 bridgehead atoms. The Morgan fingerprint density at radius 1 is 1.48 bits per heavy atom. The molecule has 0 radical (unpaired) electrons. The van der Waals surface area contributed by atoms with Crippen LogP contribution in [0, 0.1) is 11.3 Å². The van der Waals surface area contributed by atoms with Crippen molar-refractivity contribution in [3.63, 3.8) is 0 Å². The number of sulfonamides is 1. The second-order valence-corrected chi connectivity index (χ2v) is 8.06. The van der Waals surface area contributed by atoms with Crippen molar-refractivity contribution in [1.29, 1.82) is 5.26 Å². The van der Waals surface area contributed by atoms with Crippen molar-refractivity contribution in [2.75, 3.05) is 26.7 Å². The molecule has 138 valence electrons. The summed E-state index contributed by atoms with van der Waals surface area (Å²) in [7, 11) is -1.88. The number of benzene rings is 1. The normalized spacial score (nSPS) is 23.7. The number of hydrogen-bond acceptors (Lipinski definition) is 6. The third kappa shape index (κ3) is 5.23. The molecule has 1 heterocycles. The highest BCUT2D eigenvalue weighted by Crippen LogP contribution is 2.19. The first-order chi connectivity index (χ1) is 11.9. The van der Waals surface area contributed by atoms with Crippen LogP contribution in [0.1, 0.15) is 25.3 Å². The molecule has 7 nitrogen and oxygen atoms in total. The minimum absolute atomic E-state index is 0.00210. The highest BCUT2D eigenvalue weighted by molar-refractivity contribution is 7.89. The lowest BCUT2D eigenvalue weighted by Crippen LogP contribution is -2.46. The molecule has 8 heteroatoms. The number of nitriles is 1. The van der Waals surface area contributed by atoms with Crippen LogP contribution in [-0.2, 0) is 14.8 Å². The van der Waals surface area contributed by atoms with Gasteiger partial charge in [-0.1, -0.05) is 19.4 Å². The van der Waals surface area contributed by atoms with E-state index in [1.165, 1.54) is 24.3 Å². The Hall–Kier alpha value is -1.50. The zero-order chi connectivity index (χ0) is 18.4. The van der Waals surface area contributed by atoms with Gasteiger partial charge in [-0.25, -0.2) is 13.1 Å². The average molecular weight is 367 g/mol. The SMILES string of the molecule is CCCCN(C)C[C@@H]1OC[C@H](NS(=O)(=O)c2cccc(C#N)c2)[C@H]1O. The smallest absolute Gasteiger partial charge is 0.241 e. The first-order valence-corrected chi connectivity index (χ1v) is 9.86. The predicted octanol–water partition coefficient (Wildman–Crippen LogP) is 0.697. The van der Waals surface area contributed by atoms with Crippen molar-refractivity contribution >= 4 is 10.0 Å². The lowest BCUT2D eigenvalue weighted by atomic mass is 10.1. The summed E-state index contributed by atoms with van der Waals surface area (Å²) in [5.74, 6) is 0. The number of unbranched alkanes of at least 4 members (excludes halogenated alkanes) is 1. The van der Waals surface area contributed by atoms with E-state index in [9.17, 15) is 13.5 Å². The summed E-state index contributed by atoms with van der Waals surface area (Å²) >= 11 is 0. The van der Waals surface area contributed by atoms with Crippen LogP contribution in [0.25, 0.3) is 0 Å². The molecular weight excluding hydrogens is 342 g/mol. The predicted molar refractivity (Wildman–Crippen MR) is 93.4 cm³/mol. The molecule has 1 aliphatic heterocycles. The molecule has 3 atom stereocenters. The molecule has 1 fully saturated rings. The maximum Gasteiger partial charge on any atom is 0.241 e. The number of aliphatic hydroxyl groups is 1. The zero-order valence-electron chi connectivity index (χ0n) is 14.6. The summed E-state index contributed by atoms with van der Waals surface area (Å²) < 4.78 is 33.0. The van der Waals surface area contributed by atoms with Crippen molar-refractivity contribution in [2.24, 2.45) is 0 Å². The molecule has 0 unspecified atom stereocenters. The Morgan fingerprint density at radius 2 is 2.24 bits per heavy atom. The van der Waals surface area contributed by atoms with Crippen LogP contribution >= 0.6 is 0 Å². The van der Waals surface area contributed by atoms with Crippen LogP contribution in [0.5, 0.6) is 0 Å². The van der Waals surface area contributed by atoms with Crippen molar-refractivity contribution in [2.45, 2.75) is 42.9 Å². The molecular formula is C17H25N3O4S. The number of hydrogen-bond donors (Lipinski definition) is 2. The monoisotopic (exact) mass is 367 g/mol. The van der Waals surface area contributed by atoms with E-state index in [2.05, 4.69) is 16.5 Å². The lowest BCUT2D eigenvalue weighted by Gasteiger charge is -2.23. The van der Waals surface area contributed by atoms with Gasteiger partial charge >= 0.3 is 0 Å². The van der Waals surface area contributed by atoms with Crippen molar-refractivity contribution in [3.05, 3.63) is 29.8 Å². The summed E-state index contributed by atoms with van der Waals surface area (Å²) in [5, 5.41) is 19.3. The van der Waals surface area contributed by atoms with Crippen LogP contribution in [0.15, 0.2) is 29.2 Å². The maximum atomic E-state index is 12.5. The number of likely N-dealkylation sites (N-methyl/N-ethyl adjacent to an activating group) is 1. The van der Waals surface area contributed by atoms with Crippen molar-refractivity contribution in [3.8, 4) is 6.07 Å². The van der Waals surface area contributed by atoms with Crippen molar-refractivity contribution in [1.82, 2.24) is 9.62 Å². The van der Waals surface area contributed by atoms with E-state index < -0.39 is 28.3 Å². The number of nitrogens with one attached hydrogen (secondary N) is 1. The Bertz CT molecular complexity index is 717. The Balaban J connectivity index is 1.99. The maximum absolute atomic E-state index is 12.5. The minimum Gasteiger partial charge on any atom is -0.389 e. The van der Waals surface area contributed by atoms with Gasteiger partial charge in [0.2, 0.25) is 10.0 Å². The highest BCUT2D eigenvalue weighted by atomic mass is 32.2. The lowest BCUT2D eigenvalue weighted by molar-refractivity contribution is 0.0203. The molecule has 1 aliphatic rings. The molecule has 2 rings (SSSR count). The Morgan fingerprint density at radius 3 is 2.92 bits per heavy atom. The Labute approximate surface area is 149 Å². The highest BCUT2D eigenvalue weighted by Gasteiger charge is 2.38. The largest absolute Gasteiger partial charge is 0.389 e. The fourth-order valence-electron chi connectivity index (χ4n) is 2.77. The van der Waals surface area contributed by atoms with Crippen LogP contribution in [0.3, 0.4) is 0 Å². The number of rotatable bonds is 8. The molecule has 1 saturated heterocycles. The fraction of sp³-hybridized carbons (Fsp3) is 0.588. The molecule has 2 N–H and O–H groups in total. The van der Waals surface area contributed by atoms with Gasteiger partial charge in [0.25, 0.3) is 0 Å². The van der Waals surface area contributed by atoms with E-state index in [4.69, 9.17) is 10.00 Å². The third-order valence-corrected chi connectivity index (χ3v) is 5.74. The van der Waals surface area contributed by atoms with E-state index in [0.29, 0.717) is 6.54 Å². The van der Waals surface area contributed by atoms with Gasteiger partial charge in [0.05, 0.1) is 41.4 Å². The summed E-state index contributed by atoms with van der Waals surface area (Å²) in [6, 6.07) is 6.98.